The Balaban J connectivity index is 2.29. The largest absolute Gasteiger partial charge is 0.493 e. The highest BCUT2D eigenvalue weighted by atomic mass is 32.2. The van der Waals surface area contributed by atoms with Gasteiger partial charge in [0.15, 0.2) is 11.5 Å². The predicted octanol–water partition coefficient (Wildman–Crippen LogP) is 2.37. The molecule has 0 radical (unpaired) electrons. The fourth-order valence-corrected chi connectivity index (χ4v) is 4.73. The van der Waals surface area contributed by atoms with E-state index in [1.165, 1.54) is 17.9 Å². The van der Waals surface area contributed by atoms with Crippen molar-refractivity contribution in [2.75, 3.05) is 32.8 Å². The average molecular weight is 473 g/mol. The van der Waals surface area contributed by atoms with Crippen molar-refractivity contribution < 1.29 is 17.9 Å². The van der Waals surface area contributed by atoms with Crippen LogP contribution in [0.3, 0.4) is 0 Å². The molecule has 0 saturated heterocycles. The topological polar surface area (TPSA) is 129 Å². The number of para-hydroxylation sites is 1. The van der Waals surface area contributed by atoms with Gasteiger partial charge in [-0.1, -0.05) is 18.2 Å². The maximum absolute atomic E-state index is 13.2. The minimum Gasteiger partial charge on any atom is -0.493 e. The molecule has 176 valence electrons. The Hall–Kier alpha value is -3.53. The number of ether oxygens (including phenoxy) is 2. The van der Waals surface area contributed by atoms with E-state index >= 15 is 0 Å². The number of nitrogens with zero attached hydrogens (tertiary/aromatic N) is 2. The van der Waals surface area contributed by atoms with Gasteiger partial charge in [-0.3, -0.25) is 9.56 Å². The first kappa shape index (κ1) is 24.1. The van der Waals surface area contributed by atoms with Crippen molar-refractivity contribution in [3.8, 4) is 11.5 Å². The quantitative estimate of drug-likeness (QED) is 0.460. The molecule has 3 N–H and O–H groups in total. The van der Waals surface area contributed by atoms with Crippen molar-refractivity contribution in [2.45, 2.75) is 13.0 Å². The van der Waals surface area contributed by atoms with E-state index in [0.29, 0.717) is 45.8 Å². The highest BCUT2D eigenvalue weighted by Gasteiger charge is 2.25. The maximum atomic E-state index is 13.2. The van der Waals surface area contributed by atoms with E-state index in [1.807, 2.05) is 13.0 Å². The zero-order valence-electron chi connectivity index (χ0n) is 19.0. The van der Waals surface area contributed by atoms with Gasteiger partial charge in [0, 0.05) is 36.9 Å². The van der Waals surface area contributed by atoms with Crippen LogP contribution < -0.4 is 20.9 Å². The number of imidazole rings is 1. The smallest absolute Gasteiger partial charge is 0.327 e. The highest BCUT2D eigenvalue weighted by molar-refractivity contribution is 7.90. The Kier molecular flexibility index (Phi) is 7.27. The molecule has 9 nitrogen and oxygen atoms in total. The number of hydrogen-bond donors (Lipinski definition) is 2. The van der Waals surface area contributed by atoms with Crippen LogP contribution in [0, 0.1) is 0 Å². The summed E-state index contributed by atoms with van der Waals surface area (Å²) in [6.45, 7) is 2.24. The molecule has 1 aromatic heterocycles. The number of sulfone groups is 1. The molecule has 0 unspecified atom stereocenters. The van der Waals surface area contributed by atoms with Gasteiger partial charge in [-0.05, 0) is 30.7 Å². The molecule has 10 heteroatoms. The number of aromatic nitrogens is 2. The standard InChI is InChI=1S/C23H28N4O5S/c1-5-32-21-11-15(9-10-20(21)31-3)19(14-33(4,29)30)27-18-8-6-7-17(16(12-24)13-25-2)22(18)26-23(27)28/h6-13,19H,5,14,24H2,1-4H3,(H,26,28)/t19-/m1/s1. The number of methoxy groups -OCH3 is 1. The van der Waals surface area contributed by atoms with Crippen LogP contribution in [0.15, 0.2) is 52.4 Å². The molecule has 1 atom stereocenters. The summed E-state index contributed by atoms with van der Waals surface area (Å²) in [5, 5.41) is 0. The molecule has 0 amide bonds. The SMILES string of the molecule is CCOc1cc([C@@H](CS(C)(=O)=O)n2c(=O)[nH]c3c(C(C=NC)=CN)cccc32)ccc1OC. The Labute approximate surface area is 192 Å². The lowest BCUT2D eigenvalue weighted by Gasteiger charge is -2.20. The fraction of sp³-hybridized carbons (Fsp3) is 0.304. The third kappa shape index (κ3) is 5.11. The molecule has 0 aliphatic heterocycles. The monoisotopic (exact) mass is 472 g/mol. The van der Waals surface area contributed by atoms with Gasteiger partial charge >= 0.3 is 5.69 Å². The fourth-order valence-electron chi connectivity index (χ4n) is 3.82. The molecule has 1 heterocycles. The van der Waals surface area contributed by atoms with Gasteiger partial charge in [-0.25, -0.2) is 13.2 Å². The van der Waals surface area contributed by atoms with Crippen molar-refractivity contribution >= 4 is 32.7 Å². The van der Waals surface area contributed by atoms with Crippen LogP contribution in [0.1, 0.15) is 24.1 Å². The van der Waals surface area contributed by atoms with Crippen LogP contribution in [0.4, 0.5) is 0 Å². The lowest BCUT2D eigenvalue weighted by atomic mass is 10.0. The van der Waals surface area contributed by atoms with Crippen LogP contribution >= 0.6 is 0 Å². The summed E-state index contributed by atoms with van der Waals surface area (Å²) in [7, 11) is -0.310. The van der Waals surface area contributed by atoms with E-state index in [0.717, 1.165) is 6.26 Å². The Morgan fingerprint density at radius 3 is 2.64 bits per heavy atom. The van der Waals surface area contributed by atoms with Crippen LogP contribution in [0.5, 0.6) is 11.5 Å². The number of aliphatic imine (C=N–C) groups is 1. The zero-order chi connectivity index (χ0) is 24.2. The van der Waals surface area contributed by atoms with E-state index in [9.17, 15) is 13.2 Å². The lowest BCUT2D eigenvalue weighted by molar-refractivity contribution is 0.310. The van der Waals surface area contributed by atoms with E-state index in [-0.39, 0.29) is 5.75 Å². The predicted molar refractivity (Wildman–Crippen MR) is 131 cm³/mol. The van der Waals surface area contributed by atoms with E-state index in [4.69, 9.17) is 15.2 Å². The maximum Gasteiger partial charge on any atom is 0.327 e. The van der Waals surface area contributed by atoms with Gasteiger partial charge in [0.1, 0.15) is 9.84 Å². The first-order valence-corrected chi connectivity index (χ1v) is 12.4. The molecule has 0 aliphatic carbocycles. The summed E-state index contributed by atoms with van der Waals surface area (Å²) in [4.78, 5) is 20.0. The highest BCUT2D eigenvalue weighted by Crippen LogP contribution is 2.33. The van der Waals surface area contributed by atoms with Crippen molar-refractivity contribution in [1.82, 2.24) is 9.55 Å². The molecule has 0 saturated carbocycles. The van der Waals surface area contributed by atoms with Gasteiger partial charge in [-0.15, -0.1) is 0 Å². The zero-order valence-corrected chi connectivity index (χ0v) is 19.8. The van der Waals surface area contributed by atoms with E-state index in [1.54, 1.807) is 43.6 Å². The summed E-state index contributed by atoms with van der Waals surface area (Å²) < 4.78 is 37.2. The lowest BCUT2D eigenvalue weighted by Crippen LogP contribution is -2.28. The van der Waals surface area contributed by atoms with Crippen molar-refractivity contribution in [2.24, 2.45) is 10.7 Å². The second-order valence-corrected chi connectivity index (χ2v) is 9.65. The summed E-state index contributed by atoms with van der Waals surface area (Å²) in [5.74, 6) is 0.707. The van der Waals surface area contributed by atoms with Gasteiger partial charge in [0.25, 0.3) is 0 Å². The van der Waals surface area contributed by atoms with Gasteiger partial charge < -0.3 is 20.2 Å². The van der Waals surface area contributed by atoms with Crippen molar-refractivity contribution in [3.63, 3.8) is 0 Å². The summed E-state index contributed by atoms with van der Waals surface area (Å²) in [5.41, 5.74) is 8.32. The number of rotatable bonds is 9. The van der Waals surface area contributed by atoms with Crippen molar-refractivity contribution in [1.29, 1.82) is 0 Å². The van der Waals surface area contributed by atoms with Gasteiger partial charge in [-0.2, -0.15) is 0 Å². The third-order valence-corrected chi connectivity index (χ3v) is 6.08. The Bertz CT molecular complexity index is 1370. The average Bonchev–Trinajstić information content (AvgIpc) is 3.11. The van der Waals surface area contributed by atoms with Gasteiger partial charge in [0.05, 0.1) is 36.5 Å². The van der Waals surface area contributed by atoms with Crippen LogP contribution in [0.2, 0.25) is 0 Å². The molecule has 33 heavy (non-hydrogen) atoms. The molecule has 0 spiro atoms. The minimum atomic E-state index is -3.46. The molecule has 0 bridgehead atoms. The van der Waals surface area contributed by atoms with Crippen LogP contribution in [0.25, 0.3) is 16.6 Å². The number of aromatic amines is 1. The summed E-state index contributed by atoms with van der Waals surface area (Å²) in [6.07, 6.45) is 4.14. The van der Waals surface area contributed by atoms with E-state index < -0.39 is 21.6 Å². The first-order valence-electron chi connectivity index (χ1n) is 10.3. The van der Waals surface area contributed by atoms with Crippen LogP contribution in [-0.4, -0.2) is 57.0 Å². The minimum absolute atomic E-state index is 0.280. The number of allylic oxidation sites excluding steroid dienone is 1. The number of fused-ring (bicyclic) bond motifs is 1. The first-order chi connectivity index (χ1) is 15.7. The molecule has 0 fully saturated rings. The van der Waals surface area contributed by atoms with Crippen molar-refractivity contribution in [3.05, 3.63) is 64.2 Å². The number of nitrogens with two attached hydrogens (primary N) is 1. The Morgan fingerprint density at radius 1 is 1.27 bits per heavy atom. The number of H-pyrrole nitrogens is 1. The third-order valence-electron chi connectivity index (χ3n) is 5.16. The molecule has 3 rings (SSSR count). The normalized spacial score (nSPS) is 13.5. The molecular formula is C23H28N4O5S. The second-order valence-electron chi connectivity index (χ2n) is 7.46. The molecule has 3 aromatic rings. The Morgan fingerprint density at radius 2 is 2.03 bits per heavy atom. The van der Waals surface area contributed by atoms with Gasteiger partial charge in [0.2, 0.25) is 0 Å². The number of hydrogen-bond acceptors (Lipinski definition) is 7. The number of benzene rings is 2. The summed E-state index contributed by atoms with van der Waals surface area (Å²) in [6, 6.07) is 9.71. The molecule has 2 aromatic carbocycles. The number of nitrogens with one attached hydrogen (secondary N) is 1. The van der Waals surface area contributed by atoms with Crippen LogP contribution in [-0.2, 0) is 9.84 Å². The molecule has 0 aliphatic rings. The molecular weight excluding hydrogens is 444 g/mol. The van der Waals surface area contributed by atoms with E-state index in [2.05, 4.69) is 9.98 Å². The summed E-state index contributed by atoms with van der Waals surface area (Å²) >= 11 is 0. The second kappa shape index (κ2) is 9.95.